The van der Waals surface area contributed by atoms with E-state index in [4.69, 9.17) is 0 Å². The zero-order valence-corrected chi connectivity index (χ0v) is 4.74. The van der Waals surface area contributed by atoms with Crippen LogP contribution in [-0.2, 0) is 4.79 Å². The molecule has 1 fully saturated rings. The predicted octanol–water partition coefficient (Wildman–Crippen LogP) is -2.30. The zero-order chi connectivity index (χ0) is 4.41. The fraction of sp³-hybridized carbons (Fsp3) is 0.500. The lowest BCUT2D eigenvalue weighted by Gasteiger charge is -1.77. The van der Waals surface area contributed by atoms with E-state index in [9.17, 15) is 4.79 Å². The van der Waals surface area contributed by atoms with Crippen LogP contribution in [0.5, 0.6) is 0 Å². The van der Waals surface area contributed by atoms with Crippen LogP contribution in [-0.4, -0.2) is 22.3 Å². The van der Waals surface area contributed by atoms with Gasteiger partial charge in [-0.05, 0) is 0 Å². The van der Waals surface area contributed by atoms with Crippen LogP contribution in [0.15, 0.2) is 0 Å². The normalized spacial score (nSPS) is 25.0. The Labute approximate surface area is 38.1 Å². The molecule has 6 heavy (non-hydrogen) atoms. The zero-order valence-electron chi connectivity index (χ0n) is 3.32. The maximum absolute atomic E-state index is 10.1. The number of carbonyl (C=O) groups is 1. The molecule has 0 aromatic carbocycles. The number of hydrogen-bond acceptors (Lipinski definition) is 2. The van der Waals surface area contributed by atoms with Crippen LogP contribution in [0.2, 0.25) is 0 Å². The fourth-order valence-corrected chi connectivity index (χ4v) is 1.20. The van der Waals surface area contributed by atoms with Gasteiger partial charge in [-0.15, -0.1) is 0 Å². The summed E-state index contributed by atoms with van der Waals surface area (Å²) in [5, 5.41) is 0. The first-order chi connectivity index (χ1) is 2.89. The summed E-state index contributed by atoms with van der Waals surface area (Å²) >= 11 is 0. The van der Waals surface area contributed by atoms with Crippen LogP contribution >= 0.6 is 0 Å². The summed E-state index contributed by atoms with van der Waals surface area (Å²) in [5.74, 6) is 0.154. The molecule has 0 bridgehead atoms. The van der Waals surface area contributed by atoms with Gasteiger partial charge in [0, 0.05) is 0 Å². The molecule has 0 unspecified atom stereocenters. The Hall–Kier alpha value is -0.353. The Morgan fingerprint density at radius 2 is 2.67 bits per heavy atom. The minimum absolute atomic E-state index is 0.154. The van der Waals surface area contributed by atoms with Crippen molar-refractivity contribution < 1.29 is 4.79 Å². The van der Waals surface area contributed by atoms with Gasteiger partial charge in [-0.25, -0.2) is 0 Å². The molecule has 1 aliphatic rings. The van der Waals surface area contributed by atoms with E-state index in [-0.39, 0.29) is 15.7 Å². The summed E-state index contributed by atoms with van der Waals surface area (Å²) in [5.41, 5.74) is 0. The maximum atomic E-state index is 10.1. The van der Waals surface area contributed by atoms with Crippen molar-refractivity contribution in [2.45, 2.75) is 0 Å². The van der Waals surface area contributed by atoms with Crippen LogP contribution in [0.3, 0.4) is 0 Å². The number of nitrogens with one attached hydrogen (secondary N) is 2. The largest absolute Gasteiger partial charge is 0.373 e. The molecule has 2 N–H and O–H groups in total. The molecule has 1 aliphatic heterocycles. The van der Waals surface area contributed by atoms with Gasteiger partial charge in [0.2, 0.25) is 5.91 Å². The van der Waals surface area contributed by atoms with E-state index in [2.05, 4.69) is 9.96 Å². The number of hydrogen-bond donors (Lipinski definition) is 2. The summed E-state index contributed by atoms with van der Waals surface area (Å²) in [4.78, 5) is 15.8. The van der Waals surface area contributed by atoms with Crippen LogP contribution in [0, 0.1) is 0 Å². The molecule has 0 radical (unpaired) electrons. The predicted molar refractivity (Wildman–Crippen MR) is 24.7 cm³/mol. The standard InChI is InChI=1S/C2H6N2OSi/c5-2-1-3-6-4-2/h3H,1,6H2,(H,4,5). The van der Waals surface area contributed by atoms with E-state index in [1.165, 1.54) is 0 Å². The number of carbonyl (C=O) groups excluding carboxylic acids is 1. The number of amides is 1. The van der Waals surface area contributed by atoms with Crippen molar-refractivity contribution in [3.05, 3.63) is 0 Å². The second kappa shape index (κ2) is 1.40. The molecule has 0 aromatic heterocycles. The molecule has 0 aromatic rings. The third-order valence-corrected chi connectivity index (χ3v) is 1.77. The van der Waals surface area contributed by atoms with Crippen molar-refractivity contribution in [2.75, 3.05) is 6.54 Å². The molecule has 0 atom stereocenters. The fourth-order valence-electron chi connectivity index (χ4n) is 0.400. The van der Waals surface area contributed by atoms with E-state index in [0.717, 1.165) is 0 Å². The van der Waals surface area contributed by atoms with Gasteiger partial charge in [-0.2, -0.15) is 0 Å². The maximum Gasteiger partial charge on any atom is 0.226 e. The smallest absolute Gasteiger partial charge is 0.226 e. The molecule has 1 saturated heterocycles. The Morgan fingerprint density at radius 1 is 1.83 bits per heavy atom. The molecule has 34 valence electrons. The first-order valence-electron chi connectivity index (χ1n) is 1.87. The average molecular weight is 102 g/mol. The Balaban J connectivity index is 2.37. The van der Waals surface area contributed by atoms with Crippen molar-refractivity contribution in [3.63, 3.8) is 0 Å². The van der Waals surface area contributed by atoms with Gasteiger partial charge < -0.3 is 9.96 Å². The van der Waals surface area contributed by atoms with Crippen LogP contribution in [0.1, 0.15) is 0 Å². The highest BCUT2D eigenvalue weighted by molar-refractivity contribution is 6.37. The molecular weight excluding hydrogens is 96.1 g/mol. The Bertz CT molecular complexity index is 65.9. The highest BCUT2D eigenvalue weighted by Crippen LogP contribution is 1.64. The molecule has 1 rings (SSSR count). The summed E-state index contributed by atoms with van der Waals surface area (Å²) in [6, 6.07) is 0. The molecule has 4 heteroatoms. The van der Waals surface area contributed by atoms with Crippen LogP contribution < -0.4 is 9.96 Å². The lowest BCUT2D eigenvalue weighted by atomic mass is 10.7. The summed E-state index contributed by atoms with van der Waals surface area (Å²) in [6.07, 6.45) is 0. The minimum atomic E-state index is -0.354. The van der Waals surface area contributed by atoms with Gasteiger partial charge in [-0.1, -0.05) is 0 Å². The average Bonchev–Trinajstić information content (AvgIpc) is 1.86. The van der Waals surface area contributed by atoms with E-state index in [1.807, 2.05) is 0 Å². The second-order valence-electron chi connectivity index (χ2n) is 1.20. The van der Waals surface area contributed by atoms with Crippen molar-refractivity contribution in [2.24, 2.45) is 0 Å². The third kappa shape index (κ3) is 0.578. The molecule has 1 amide bonds. The molecule has 3 nitrogen and oxygen atoms in total. The van der Waals surface area contributed by atoms with Gasteiger partial charge in [0.05, 0.1) is 6.54 Å². The lowest BCUT2D eigenvalue weighted by Crippen LogP contribution is -2.19. The SMILES string of the molecule is O=C1CN[SiH2]N1. The minimum Gasteiger partial charge on any atom is -0.373 e. The van der Waals surface area contributed by atoms with E-state index >= 15 is 0 Å². The summed E-state index contributed by atoms with van der Waals surface area (Å²) in [6.45, 7) is 0.548. The first-order valence-corrected chi connectivity index (χ1v) is 3.28. The van der Waals surface area contributed by atoms with Crippen molar-refractivity contribution in [3.8, 4) is 0 Å². The second-order valence-corrected chi connectivity index (χ2v) is 2.41. The molecule has 0 aliphatic carbocycles. The summed E-state index contributed by atoms with van der Waals surface area (Å²) in [7, 11) is -0.354. The Morgan fingerprint density at radius 3 is 2.83 bits per heavy atom. The first kappa shape index (κ1) is 3.82. The van der Waals surface area contributed by atoms with Crippen LogP contribution in [0.25, 0.3) is 0 Å². The highest BCUT2D eigenvalue weighted by atomic mass is 28.2. The van der Waals surface area contributed by atoms with Gasteiger partial charge in [0.15, 0.2) is 9.84 Å². The van der Waals surface area contributed by atoms with Crippen molar-refractivity contribution >= 4 is 15.7 Å². The molecule has 1 heterocycles. The van der Waals surface area contributed by atoms with Gasteiger partial charge in [-0.3, -0.25) is 4.79 Å². The molecule has 0 spiro atoms. The highest BCUT2D eigenvalue weighted by Gasteiger charge is 2.04. The molecule has 0 saturated carbocycles. The van der Waals surface area contributed by atoms with Gasteiger partial charge in [0.25, 0.3) is 0 Å². The van der Waals surface area contributed by atoms with Crippen LogP contribution in [0.4, 0.5) is 0 Å². The monoisotopic (exact) mass is 102 g/mol. The molecular formula is C2H6N2OSi. The van der Waals surface area contributed by atoms with Crippen molar-refractivity contribution in [1.82, 2.24) is 9.96 Å². The summed E-state index contributed by atoms with van der Waals surface area (Å²) < 4.78 is 0. The van der Waals surface area contributed by atoms with Gasteiger partial charge >= 0.3 is 0 Å². The lowest BCUT2D eigenvalue weighted by molar-refractivity contribution is -0.117. The van der Waals surface area contributed by atoms with E-state index in [0.29, 0.717) is 6.54 Å². The third-order valence-electron chi connectivity index (χ3n) is 0.696. The quantitative estimate of drug-likeness (QED) is 0.338. The van der Waals surface area contributed by atoms with E-state index < -0.39 is 0 Å². The number of rotatable bonds is 0. The topological polar surface area (TPSA) is 41.1 Å². The van der Waals surface area contributed by atoms with Crippen molar-refractivity contribution in [1.29, 1.82) is 0 Å². The van der Waals surface area contributed by atoms with E-state index in [1.54, 1.807) is 0 Å². The Kier molecular flexibility index (Phi) is 0.892. The van der Waals surface area contributed by atoms with Gasteiger partial charge in [0.1, 0.15) is 0 Å².